The molecule has 0 N–H and O–H groups in total. The number of hydrogen-bond donors (Lipinski definition) is 0. The quantitative estimate of drug-likeness (QED) is 0.773. The molecule has 1 aliphatic rings. The fourth-order valence-corrected chi connectivity index (χ4v) is 2.12. The molecule has 0 aromatic carbocycles. The molecule has 0 radical (unpaired) electrons. The van der Waals surface area contributed by atoms with Gasteiger partial charge in [0.15, 0.2) is 0 Å². The Labute approximate surface area is 96.3 Å². The molecule has 4 nitrogen and oxygen atoms in total. The molecule has 1 aromatic rings. The first-order chi connectivity index (χ1) is 7.70. The van der Waals surface area contributed by atoms with Gasteiger partial charge in [0.1, 0.15) is 12.4 Å². The van der Waals surface area contributed by atoms with E-state index < -0.39 is 0 Å². The van der Waals surface area contributed by atoms with E-state index in [1.165, 1.54) is 0 Å². The average Bonchev–Trinajstić information content (AvgIpc) is 2.88. The third kappa shape index (κ3) is 2.26. The first-order valence-corrected chi connectivity index (χ1v) is 6.01. The summed E-state index contributed by atoms with van der Waals surface area (Å²) in [5.41, 5.74) is 1.06. The Hall–Kier alpha value is -1.32. The van der Waals surface area contributed by atoms with Crippen LogP contribution in [-0.4, -0.2) is 33.4 Å². The molecule has 88 valence electrons. The highest BCUT2D eigenvalue weighted by atomic mass is 16.2. The predicted octanol–water partition coefficient (Wildman–Crippen LogP) is 1.38. The number of hydrogen-bond acceptors (Lipinski definition) is 2. The normalized spacial score (nSPS) is 15.8. The molecule has 16 heavy (non-hydrogen) atoms. The van der Waals surface area contributed by atoms with Crippen molar-refractivity contribution >= 4 is 5.91 Å². The predicted molar refractivity (Wildman–Crippen MR) is 62.2 cm³/mol. The molecule has 1 fully saturated rings. The smallest absolute Gasteiger partial charge is 0.242 e. The lowest BCUT2D eigenvalue weighted by atomic mass is 10.4. The van der Waals surface area contributed by atoms with Gasteiger partial charge < -0.3 is 9.47 Å². The van der Waals surface area contributed by atoms with E-state index >= 15 is 0 Å². The SMILES string of the molecule is CCc1cn(CC(=O)N2CCCC2)c(C)n1. The number of aryl methyl sites for hydroxylation is 2. The number of likely N-dealkylation sites (tertiary alicyclic amines) is 1. The summed E-state index contributed by atoms with van der Waals surface area (Å²) >= 11 is 0. The minimum Gasteiger partial charge on any atom is -0.341 e. The van der Waals surface area contributed by atoms with Crippen molar-refractivity contribution in [1.29, 1.82) is 0 Å². The van der Waals surface area contributed by atoms with Crippen molar-refractivity contribution in [2.45, 2.75) is 39.7 Å². The summed E-state index contributed by atoms with van der Waals surface area (Å²) < 4.78 is 1.96. The maximum atomic E-state index is 11.9. The van der Waals surface area contributed by atoms with Gasteiger partial charge in [0, 0.05) is 19.3 Å². The lowest BCUT2D eigenvalue weighted by molar-refractivity contribution is -0.130. The fourth-order valence-electron chi connectivity index (χ4n) is 2.12. The van der Waals surface area contributed by atoms with Crippen LogP contribution >= 0.6 is 0 Å². The molecule has 0 unspecified atom stereocenters. The summed E-state index contributed by atoms with van der Waals surface area (Å²) in [5.74, 6) is 1.16. The lowest BCUT2D eigenvalue weighted by Crippen LogP contribution is -2.31. The third-order valence-corrected chi connectivity index (χ3v) is 3.15. The van der Waals surface area contributed by atoms with E-state index in [0.717, 1.165) is 43.9 Å². The van der Waals surface area contributed by atoms with Crippen LogP contribution in [0.4, 0.5) is 0 Å². The molecule has 2 heterocycles. The van der Waals surface area contributed by atoms with Crippen molar-refractivity contribution in [3.8, 4) is 0 Å². The maximum absolute atomic E-state index is 11.9. The maximum Gasteiger partial charge on any atom is 0.242 e. The van der Waals surface area contributed by atoms with Crippen LogP contribution in [0.2, 0.25) is 0 Å². The van der Waals surface area contributed by atoms with Crippen molar-refractivity contribution < 1.29 is 4.79 Å². The molecule has 0 spiro atoms. The van der Waals surface area contributed by atoms with Gasteiger partial charge >= 0.3 is 0 Å². The first kappa shape index (κ1) is 11.2. The van der Waals surface area contributed by atoms with Crippen LogP contribution in [0.15, 0.2) is 6.20 Å². The van der Waals surface area contributed by atoms with Crippen molar-refractivity contribution in [3.05, 3.63) is 17.7 Å². The van der Waals surface area contributed by atoms with Gasteiger partial charge in [-0.25, -0.2) is 4.98 Å². The van der Waals surface area contributed by atoms with Crippen LogP contribution in [0.3, 0.4) is 0 Å². The Morgan fingerprint density at radius 3 is 2.69 bits per heavy atom. The van der Waals surface area contributed by atoms with Crippen molar-refractivity contribution in [3.63, 3.8) is 0 Å². The molecular weight excluding hydrogens is 202 g/mol. The van der Waals surface area contributed by atoms with Crippen LogP contribution in [-0.2, 0) is 17.8 Å². The van der Waals surface area contributed by atoms with E-state index in [2.05, 4.69) is 11.9 Å². The molecule has 4 heteroatoms. The second-order valence-electron chi connectivity index (χ2n) is 4.35. The first-order valence-electron chi connectivity index (χ1n) is 6.01. The van der Waals surface area contributed by atoms with Gasteiger partial charge in [-0.15, -0.1) is 0 Å². The number of imidazole rings is 1. The highest BCUT2D eigenvalue weighted by Crippen LogP contribution is 2.10. The Kier molecular flexibility index (Phi) is 3.27. The van der Waals surface area contributed by atoms with Crippen molar-refractivity contribution in [2.75, 3.05) is 13.1 Å². The standard InChI is InChI=1S/C12H19N3O/c1-3-11-8-15(10(2)13-11)9-12(16)14-6-4-5-7-14/h8H,3-7,9H2,1-2H3. The highest BCUT2D eigenvalue weighted by molar-refractivity contribution is 5.76. The molecular formula is C12H19N3O. The summed E-state index contributed by atoms with van der Waals surface area (Å²) in [6, 6.07) is 0. The molecule has 0 aliphatic carbocycles. The number of amides is 1. The zero-order valence-corrected chi connectivity index (χ0v) is 10.1. The topological polar surface area (TPSA) is 38.1 Å². The summed E-state index contributed by atoms with van der Waals surface area (Å²) in [7, 11) is 0. The van der Waals surface area contributed by atoms with Crippen LogP contribution in [0.1, 0.15) is 31.3 Å². The van der Waals surface area contributed by atoms with Crippen molar-refractivity contribution in [1.82, 2.24) is 14.5 Å². The van der Waals surface area contributed by atoms with Crippen LogP contribution in [0.5, 0.6) is 0 Å². The molecule has 0 saturated carbocycles. The average molecular weight is 221 g/mol. The highest BCUT2D eigenvalue weighted by Gasteiger charge is 2.18. The van der Waals surface area contributed by atoms with Gasteiger partial charge in [-0.3, -0.25) is 4.79 Å². The van der Waals surface area contributed by atoms with Crippen molar-refractivity contribution in [2.24, 2.45) is 0 Å². The molecule has 0 bridgehead atoms. The summed E-state index contributed by atoms with van der Waals surface area (Å²) in [4.78, 5) is 18.3. The third-order valence-electron chi connectivity index (χ3n) is 3.15. The van der Waals surface area contributed by atoms with Crippen LogP contribution in [0, 0.1) is 6.92 Å². The van der Waals surface area contributed by atoms with E-state index in [-0.39, 0.29) is 5.91 Å². The fraction of sp³-hybridized carbons (Fsp3) is 0.667. The summed E-state index contributed by atoms with van der Waals surface area (Å²) in [6.07, 6.45) is 5.21. The molecule has 1 amide bonds. The largest absolute Gasteiger partial charge is 0.341 e. The second-order valence-corrected chi connectivity index (χ2v) is 4.35. The number of carbonyl (C=O) groups is 1. The number of aromatic nitrogens is 2. The van der Waals surface area contributed by atoms with Crippen LogP contribution in [0.25, 0.3) is 0 Å². The second kappa shape index (κ2) is 4.68. The van der Waals surface area contributed by atoms with Gasteiger partial charge in [0.2, 0.25) is 5.91 Å². The van der Waals surface area contributed by atoms with Gasteiger partial charge in [-0.1, -0.05) is 6.92 Å². The van der Waals surface area contributed by atoms with Gasteiger partial charge in [-0.2, -0.15) is 0 Å². The Bertz CT molecular complexity index is 378. The molecule has 0 atom stereocenters. The zero-order chi connectivity index (χ0) is 11.5. The minimum absolute atomic E-state index is 0.223. The van der Waals surface area contributed by atoms with E-state index in [9.17, 15) is 4.79 Å². The summed E-state index contributed by atoms with van der Waals surface area (Å²) in [5, 5.41) is 0. The Balaban J connectivity index is 2.02. The van der Waals surface area contributed by atoms with E-state index in [1.54, 1.807) is 0 Å². The molecule has 2 rings (SSSR count). The molecule has 1 aromatic heterocycles. The number of carbonyl (C=O) groups excluding carboxylic acids is 1. The van der Waals surface area contributed by atoms with Gasteiger partial charge in [0.25, 0.3) is 0 Å². The number of nitrogens with zero attached hydrogens (tertiary/aromatic N) is 3. The monoisotopic (exact) mass is 221 g/mol. The number of rotatable bonds is 3. The zero-order valence-electron chi connectivity index (χ0n) is 10.1. The summed E-state index contributed by atoms with van der Waals surface area (Å²) in [6.45, 7) is 6.32. The lowest BCUT2D eigenvalue weighted by Gasteiger charge is -2.15. The van der Waals surface area contributed by atoms with Gasteiger partial charge in [-0.05, 0) is 26.2 Å². The van der Waals surface area contributed by atoms with Gasteiger partial charge in [0.05, 0.1) is 5.69 Å². The minimum atomic E-state index is 0.223. The van der Waals surface area contributed by atoms with Crippen LogP contribution < -0.4 is 0 Å². The Morgan fingerprint density at radius 1 is 1.44 bits per heavy atom. The van der Waals surface area contributed by atoms with E-state index in [0.29, 0.717) is 6.54 Å². The molecule has 1 aliphatic heterocycles. The molecule has 1 saturated heterocycles. The van der Waals surface area contributed by atoms with E-state index in [1.807, 2.05) is 22.6 Å². The van der Waals surface area contributed by atoms with E-state index in [4.69, 9.17) is 0 Å². The Morgan fingerprint density at radius 2 is 2.12 bits per heavy atom.